The molecule has 1 saturated carbocycles. The van der Waals surface area contributed by atoms with Crippen LogP contribution >= 0.6 is 11.6 Å². The number of rotatable bonds is 1. The van der Waals surface area contributed by atoms with Gasteiger partial charge in [0.25, 0.3) is 0 Å². The Balaban J connectivity index is 2.17. The third-order valence-corrected chi connectivity index (χ3v) is 3.28. The van der Waals surface area contributed by atoms with Crippen molar-refractivity contribution in [2.75, 3.05) is 5.73 Å². The first-order valence-corrected chi connectivity index (χ1v) is 5.47. The van der Waals surface area contributed by atoms with E-state index in [1.807, 2.05) is 6.07 Å². The lowest BCUT2D eigenvalue weighted by molar-refractivity contribution is 0.867. The summed E-state index contributed by atoms with van der Waals surface area (Å²) in [7, 11) is 0. The van der Waals surface area contributed by atoms with E-state index in [1.165, 1.54) is 6.42 Å². The summed E-state index contributed by atoms with van der Waals surface area (Å²) in [6.07, 6.45) is 1.22. The molecule has 2 unspecified atom stereocenters. The number of hydrogen-bond donors (Lipinski definition) is 2. The maximum Gasteiger partial charge on any atom is 0.112 e. The Morgan fingerprint density at radius 2 is 2.27 bits per heavy atom. The molecule has 78 valence electrons. The predicted molar refractivity (Wildman–Crippen MR) is 62.0 cm³/mol. The van der Waals surface area contributed by atoms with Crippen LogP contribution in [0, 0.1) is 5.92 Å². The molecule has 3 rings (SSSR count). The van der Waals surface area contributed by atoms with Crippen molar-refractivity contribution in [3.05, 3.63) is 23.0 Å². The number of nitrogens with zero attached hydrogens (tertiary/aromatic N) is 1. The summed E-state index contributed by atoms with van der Waals surface area (Å²) in [6.45, 7) is 2.23. The highest BCUT2D eigenvalue weighted by Crippen LogP contribution is 2.46. The first-order chi connectivity index (χ1) is 7.15. The van der Waals surface area contributed by atoms with Crippen molar-refractivity contribution in [2.45, 2.75) is 19.3 Å². The maximum atomic E-state index is 5.93. The van der Waals surface area contributed by atoms with Gasteiger partial charge < -0.3 is 10.7 Å². The third-order valence-electron chi connectivity index (χ3n) is 3.06. The van der Waals surface area contributed by atoms with Crippen LogP contribution in [-0.4, -0.2) is 9.97 Å². The fourth-order valence-corrected chi connectivity index (χ4v) is 2.23. The SMILES string of the molecule is CC1CC1c1nc2c(N)cc(Cl)cc2[nH]1. The highest BCUT2D eigenvalue weighted by atomic mass is 35.5. The van der Waals surface area contributed by atoms with E-state index in [0.29, 0.717) is 16.6 Å². The van der Waals surface area contributed by atoms with Crippen molar-refractivity contribution in [3.63, 3.8) is 0 Å². The van der Waals surface area contributed by atoms with Crippen LogP contribution in [0.5, 0.6) is 0 Å². The molecule has 1 aromatic carbocycles. The van der Waals surface area contributed by atoms with Gasteiger partial charge in [0.15, 0.2) is 0 Å². The van der Waals surface area contributed by atoms with E-state index in [0.717, 1.165) is 22.8 Å². The first-order valence-electron chi connectivity index (χ1n) is 5.10. The lowest BCUT2D eigenvalue weighted by atomic mass is 10.3. The number of anilines is 1. The Labute approximate surface area is 92.6 Å². The number of nitrogens with one attached hydrogen (secondary N) is 1. The molecule has 4 heteroatoms. The molecule has 1 fully saturated rings. The molecule has 2 aromatic rings. The Kier molecular flexibility index (Phi) is 1.74. The normalized spacial score (nSPS) is 24.7. The minimum absolute atomic E-state index is 0.579. The van der Waals surface area contributed by atoms with Gasteiger partial charge in [-0.25, -0.2) is 4.98 Å². The number of fused-ring (bicyclic) bond motifs is 1. The Bertz CT molecular complexity index is 532. The second-order valence-electron chi connectivity index (χ2n) is 4.33. The molecule has 2 atom stereocenters. The first kappa shape index (κ1) is 9.04. The van der Waals surface area contributed by atoms with Gasteiger partial charge in [0, 0.05) is 10.9 Å². The van der Waals surface area contributed by atoms with Crippen LogP contribution in [0.25, 0.3) is 11.0 Å². The zero-order valence-electron chi connectivity index (χ0n) is 8.42. The van der Waals surface area contributed by atoms with Crippen molar-refractivity contribution in [1.29, 1.82) is 0 Å². The maximum absolute atomic E-state index is 5.93. The predicted octanol–water partition coefficient (Wildman–Crippen LogP) is 2.92. The molecule has 0 bridgehead atoms. The van der Waals surface area contributed by atoms with Gasteiger partial charge in [-0.1, -0.05) is 18.5 Å². The van der Waals surface area contributed by atoms with E-state index in [2.05, 4.69) is 16.9 Å². The number of aromatic amines is 1. The van der Waals surface area contributed by atoms with E-state index >= 15 is 0 Å². The van der Waals surface area contributed by atoms with Gasteiger partial charge in [0.05, 0.1) is 11.2 Å². The number of imidazole rings is 1. The number of halogens is 1. The fraction of sp³-hybridized carbons (Fsp3) is 0.364. The van der Waals surface area contributed by atoms with Crippen LogP contribution in [0.15, 0.2) is 12.1 Å². The number of benzene rings is 1. The second-order valence-corrected chi connectivity index (χ2v) is 4.77. The monoisotopic (exact) mass is 221 g/mol. The summed E-state index contributed by atoms with van der Waals surface area (Å²) in [5.41, 5.74) is 8.29. The molecule has 1 aliphatic rings. The van der Waals surface area contributed by atoms with E-state index in [1.54, 1.807) is 6.07 Å². The summed E-state index contributed by atoms with van der Waals surface area (Å²) < 4.78 is 0. The minimum atomic E-state index is 0.579. The molecular formula is C11H12ClN3. The largest absolute Gasteiger partial charge is 0.397 e. The highest BCUT2D eigenvalue weighted by Gasteiger charge is 2.36. The molecule has 0 spiro atoms. The van der Waals surface area contributed by atoms with Crippen LogP contribution in [0.3, 0.4) is 0 Å². The molecule has 0 saturated heterocycles. The number of aromatic nitrogens is 2. The van der Waals surface area contributed by atoms with Crippen LogP contribution < -0.4 is 5.73 Å². The Morgan fingerprint density at radius 3 is 2.93 bits per heavy atom. The van der Waals surface area contributed by atoms with Gasteiger partial charge in [-0.05, 0) is 24.5 Å². The van der Waals surface area contributed by atoms with Gasteiger partial charge in [-0.3, -0.25) is 0 Å². The molecule has 0 amide bonds. The van der Waals surface area contributed by atoms with E-state index in [-0.39, 0.29) is 0 Å². The zero-order valence-corrected chi connectivity index (χ0v) is 9.17. The number of nitrogen functional groups attached to an aromatic ring is 1. The summed E-state index contributed by atoms with van der Waals surface area (Å²) in [5.74, 6) is 2.37. The number of hydrogen-bond acceptors (Lipinski definition) is 2. The smallest absolute Gasteiger partial charge is 0.112 e. The van der Waals surface area contributed by atoms with Crippen molar-refractivity contribution in [3.8, 4) is 0 Å². The summed E-state index contributed by atoms with van der Waals surface area (Å²) in [6, 6.07) is 3.61. The van der Waals surface area contributed by atoms with E-state index in [9.17, 15) is 0 Å². The zero-order chi connectivity index (χ0) is 10.6. The second kappa shape index (κ2) is 2.89. The number of H-pyrrole nitrogens is 1. The molecule has 0 aliphatic heterocycles. The van der Waals surface area contributed by atoms with Gasteiger partial charge in [-0.2, -0.15) is 0 Å². The molecule has 1 heterocycles. The van der Waals surface area contributed by atoms with Crippen LogP contribution in [0.4, 0.5) is 5.69 Å². The van der Waals surface area contributed by atoms with Crippen molar-refractivity contribution >= 4 is 28.3 Å². The van der Waals surface area contributed by atoms with Crippen LogP contribution in [-0.2, 0) is 0 Å². The van der Waals surface area contributed by atoms with Gasteiger partial charge in [-0.15, -0.1) is 0 Å². The molecule has 3 nitrogen and oxygen atoms in total. The molecule has 1 aliphatic carbocycles. The Hall–Kier alpha value is -1.22. The van der Waals surface area contributed by atoms with Crippen LogP contribution in [0.1, 0.15) is 25.1 Å². The average Bonchev–Trinajstić information content (AvgIpc) is 2.74. The third kappa shape index (κ3) is 1.38. The van der Waals surface area contributed by atoms with Gasteiger partial charge in [0.1, 0.15) is 11.3 Å². The lowest BCUT2D eigenvalue weighted by Gasteiger charge is -1.94. The summed E-state index contributed by atoms with van der Waals surface area (Å²) in [5, 5.41) is 0.652. The van der Waals surface area contributed by atoms with Crippen molar-refractivity contribution in [1.82, 2.24) is 9.97 Å². The summed E-state index contributed by atoms with van der Waals surface area (Å²) in [4.78, 5) is 7.82. The fourth-order valence-electron chi connectivity index (χ4n) is 2.01. The topological polar surface area (TPSA) is 54.7 Å². The molecule has 15 heavy (non-hydrogen) atoms. The molecule has 0 radical (unpaired) electrons. The highest BCUT2D eigenvalue weighted by molar-refractivity contribution is 6.31. The van der Waals surface area contributed by atoms with Crippen molar-refractivity contribution in [2.24, 2.45) is 5.92 Å². The Morgan fingerprint density at radius 1 is 1.53 bits per heavy atom. The molecule has 3 N–H and O–H groups in total. The van der Waals surface area contributed by atoms with E-state index < -0.39 is 0 Å². The van der Waals surface area contributed by atoms with E-state index in [4.69, 9.17) is 17.3 Å². The number of nitrogens with two attached hydrogens (primary N) is 1. The van der Waals surface area contributed by atoms with Gasteiger partial charge in [0.2, 0.25) is 0 Å². The molecular weight excluding hydrogens is 210 g/mol. The van der Waals surface area contributed by atoms with Crippen LogP contribution in [0.2, 0.25) is 5.02 Å². The van der Waals surface area contributed by atoms with Gasteiger partial charge >= 0.3 is 0 Å². The minimum Gasteiger partial charge on any atom is -0.397 e. The van der Waals surface area contributed by atoms with Crippen molar-refractivity contribution < 1.29 is 0 Å². The quantitative estimate of drug-likeness (QED) is 0.728. The summed E-state index contributed by atoms with van der Waals surface area (Å²) >= 11 is 5.93. The average molecular weight is 222 g/mol. The lowest BCUT2D eigenvalue weighted by Crippen LogP contribution is -1.86. The standard InChI is InChI=1S/C11H12ClN3/c1-5-2-7(5)11-14-9-4-6(12)3-8(13)10(9)15-11/h3-5,7H,2,13H2,1H3,(H,14,15). The molecule has 1 aromatic heterocycles.